The van der Waals surface area contributed by atoms with Gasteiger partial charge in [0.15, 0.2) is 6.61 Å². The van der Waals surface area contributed by atoms with Crippen LogP contribution in [0.4, 0.5) is 5.69 Å². The molecule has 0 saturated heterocycles. The third-order valence-electron chi connectivity index (χ3n) is 2.41. The summed E-state index contributed by atoms with van der Waals surface area (Å²) in [6.45, 7) is 2.18. The van der Waals surface area contributed by atoms with Crippen molar-refractivity contribution in [2.24, 2.45) is 0 Å². The molecule has 0 aliphatic heterocycles. The van der Waals surface area contributed by atoms with E-state index in [1.165, 1.54) is 0 Å². The highest BCUT2D eigenvalue weighted by Crippen LogP contribution is 2.12. The lowest BCUT2D eigenvalue weighted by molar-refractivity contribution is -0.123. The number of carbonyl (C=O) groups excluding carboxylic acids is 1. The molecule has 0 aliphatic rings. The molecule has 100 valence electrons. The molecule has 5 nitrogen and oxygen atoms in total. The van der Waals surface area contributed by atoms with E-state index < -0.39 is 6.10 Å². The van der Waals surface area contributed by atoms with Gasteiger partial charge in [-0.15, -0.1) is 0 Å². The smallest absolute Gasteiger partial charge is 0.258 e. The van der Waals surface area contributed by atoms with E-state index in [9.17, 15) is 9.90 Å². The number of benzene rings is 1. The molecule has 1 aromatic rings. The maximum absolute atomic E-state index is 11.4. The second kappa shape index (κ2) is 7.55. The Morgan fingerprint density at radius 1 is 1.44 bits per heavy atom. The van der Waals surface area contributed by atoms with Crippen LogP contribution < -0.4 is 15.8 Å². The maximum Gasteiger partial charge on any atom is 0.258 e. The highest BCUT2D eigenvalue weighted by molar-refractivity contribution is 5.77. The lowest BCUT2D eigenvalue weighted by atomic mass is 10.2. The molecule has 0 radical (unpaired) electrons. The van der Waals surface area contributed by atoms with Gasteiger partial charge in [-0.1, -0.05) is 13.3 Å². The first-order valence-electron chi connectivity index (χ1n) is 6.05. The normalized spacial score (nSPS) is 11.9. The van der Waals surface area contributed by atoms with Gasteiger partial charge in [0.2, 0.25) is 0 Å². The number of nitrogens with one attached hydrogen (secondary N) is 1. The number of aliphatic hydroxyl groups excluding tert-OH is 1. The van der Waals surface area contributed by atoms with Crippen molar-refractivity contribution in [1.82, 2.24) is 5.32 Å². The fourth-order valence-electron chi connectivity index (χ4n) is 1.43. The molecule has 1 atom stereocenters. The zero-order valence-electron chi connectivity index (χ0n) is 10.6. The Bertz CT molecular complexity index is 365. The summed E-state index contributed by atoms with van der Waals surface area (Å²) >= 11 is 0. The second-order valence-corrected chi connectivity index (χ2v) is 4.10. The van der Waals surface area contributed by atoms with Gasteiger partial charge in [0, 0.05) is 12.2 Å². The van der Waals surface area contributed by atoms with Gasteiger partial charge in [0.05, 0.1) is 6.10 Å². The number of hydrogen-bond donors (Lipinski definition) is 3. The second-order valence-electron chi connectivity index (χ2n) is 4.10. The molecule has 4 N–H and O–H groups in total. The van der Waals surface area contributed by atoms with Crippen molar-refractivity contribution in [3.63, 3.8) is 0 Å². The highest BCUT2D eigenvalue weighted by atomic mass is 16.5. The standard InChI is InChI=1S/C13H20N2O3/c1-2-3-11(16)8-15-13(17)9-18-12-6-4-10(14)5-7-12/h4-7,11,16H,2-3,8-9,14H2,1H3,(H,15,17). The Morgan fingerprint density at radius 2 is 2.11 bits per heavy atom. The Morgan fingerprint density at radius 3 is 2.72 bits per heavy atom. The summed E-state index contributed by atoms with van der Waals surface area (Å²) in [6.07, 6.45) is 1.08. The van der Waals surface area contributed by atoms with Gasteiger partial charge in [-0.2, -0.15) is 0 Å². The molecule has 1 unspecified atom stereocenters. The molecule has 1 amide bonds. The Labute approximate surface area is 107 Å². The molecule has 0 bridgehead atoms. The Balaban J connectivity index is 2.22. The number of nitrogens with two attached hydrogens (primary N) is 1. The average Bonchev–Trinajstić information content (AvgIpc) is 2.36. The summed E-state index contributed by atoms with van der Waals surface area (Å²) < 4.78 is 5.27. The topological polar surface area (TPSA) is 84.6 Å². The summed E-state index contributed by atoms with van der Waals surface area (Å²) in [4.78, 5) is 11.4. The zero-order valence-corrected chi connectivity index (χ0v) is 10.6. The van der Waals surface area contributed by atoms with E-state index in [4.69, 9.17) is 10.5 Å². The van der Waals surface area contributed by atoms with Crippen LogP contribution in [0.25, 0.3) is 0 Å². The fraction of sp³-hybridized carbons (Fsp3) is 0.462. The van der Waals surface area contributed by atoms with Crippen molar-refractivity contribution in [1.29, 1.82) is 0 Å². The molecule has 0 aromatic heterocycles. The fourth-order valence-corrected chi connectivity index (χ4v) is 1.43. The third kappa shape index (κ3) is 5.54. The quantitative estimate of drug-likeness (QED) is 0.630. The molecular formula is C13H20N2O3. The van der Waals surface area contributed by atoms with E-state index in [1.807, 2.05) is 6.92 Å². The first kappa shape index (κ1) is 14.3. The van der Waals surface area contributed by atoms with Crippen LogP contribution in [-0.4, -0.2) is 30.3 Å². The molecule has 0 fully saturated rings. The van der Waals surface area contributed by atoms with Crippen LogP contribution in [0, 0.1) is 0 Å². The van der Waals surface area contributed by atoms with Crippen LogP contribution in [-0.2, 0) is 4.79 Å². The maximum atomic E-state index is 11.4. The monoisotopic (exact) mass is 252 g/mol. The molecule has 0 aliphatic carbocycles. The van der Waals surface area contributed by atoms with Crippen LogP contribution in [0.15, 0.2) is 24.3 Å². The predicted octanol–water partition coefficient (Wildman–Crippen LogP) is 0.925. The van der Waals surface area contributed by atoms with Crippen LogP contribution in [0.1, 0.15) is 19.8 Å². The Hall–Kier alpha value is -1.75. The van der Waals surface area contributed by atoms with Gasteiger partial charge in [-0.05, 0) is 30.7 Å². The summed E-state index contributed by atoms with van der Waals surface area (Å²) in [5.41, 5.74) is 6.18. The van der Waals surface area contributed by atoms with E-state index in [-0.39, 0.29) is 19.1 Å². The highest BCUT2D eigenvalue weighted by Gasteiger charge is 2.06. The molecule has 0 heterocycles. The average molecular weight is 252 g/mol. The number of anilines is 1. The van der Waals surface area contributed by atoms with E-state index in [0.29, 0.717) is 17.9 Å². The molecule has 5 heteroatoms. The molecule has 0 saturated carbocycles. The predicted molar refractivity (Wildman–Crippen MR) is 70.3 cm³/mol. The number of aliphatic hydroxyl groups is 1. The molecule has 1 aromatic carbocycles. The van der Waals surface area contributed by atoms with E-state index in [2.05, 4.69) is 5.32 Å². The van der Waals surface area contributed by atoms with Crippen LogP contribution in [0.3, 0.4) is 0 Å². The van der Waals surface area contributed by atoms with Gasteiger partial charge in [0.1, 0.15) is 5.75 Å². The van der Waals surface area contributed by atoms with Gasteiger partial charge >= 0.3 is 0 Å². The van der Waals surface area contributed by atoms with Crippen molar-refractivity contribution in [2.45, 2.75) is 25.9 Å². The van der Waals surface area contributed by atoms with Crippen LogP contribution in [0.2, 0.25) is 0 Å². The minimum atomic E-state index is -0.490. The van der Waals surface area contributed by atoms with Crippen molar-refractivity contribution in [2.75, 3.05) is 18.9 Å². The minimum absolute atomic E-state index is 0.0667. The molecular weight excluding hydrogens is 232 g/mol. The Kier molecular flexibility index (Phi) is 6.00. The largest absolute Gasteiger partial charge is 0.484 e. The van der Waals surface area contributed by atoms with E-state index >= 15 is 0 Å². The van der Waals surface area contributed by atoms with Gasteiger partial charge < -0.3 is 20.9 Å². The van der Waals surface area contributed by atoms with E-state index in [1.54, 1.807) is 24.3 Å². The number of amides is 1. The lowest BCUT2D eigenvalue weighted by Crippen LogP contribution is -2.35. The molecule has 18 heavy (non-hydrogen) atoms. The van der Waals surface area contributed by atoms with Gasteiger partial charge in [-0.3, -0.25) is 4.79 Å². The van der Waals surface area contributed by atoms with Crippen LogP contribution in [0.5, 0.6) is 5.75 Å². The lowest BCUT2D eigenvalue weighted by Gasteiger charge is -2.11. The summed E-state index contributed by atoms with van der Waals surface area (Å²) in [6, 6.07) is 6.82. The molecule has 0 spiro atoms. The number of rotatable bonds is 7. The van der Waals surface area contributed by atoms with E-state index in [0.717, 1.165) is 6.42 Å². The van der Waals surface area contributed by atoms with Gasteiger partial charge in [0.25, 0.3) is 5.91 Å². The van der Waals surface area contributed by atoms with Crippen molar-refractivity contribution in [3.05, 3.63) is 24.3 Å². The molecule has 1 rings (SSSR count). The van der Waals surface area contributed by atoms with Crippen molar-refractivity contribution < 1.29 is 14.6 Å². The first-order chi connectivity index (χ1) is 8.61. The van der Waals surface area contributed by atoms with Crippen LogP contribution >= 0.6 is 0 Å². The van der Waals surface area contributed by atoms with Gasteiger partial charge in [-0.25, -0.2) is 0 Å². The van der Waals surface area contributed by atoms with Crippen molar-refractivity contribution in [3.8, 4) is 5.75 Å². The number of nitrogen functional groups attached to an aromatic ring is 1. The number of hydrogen-bond acceptors (Lipinski definition) is 4. The first-order valence-corrected chi connectivity index (χ1v) is 6.05. The summed E-state index contributed by atoms with van der Waals surface area (Å²) in [7, 11) is 0. The number of carbonyl (C=O) groups is 1. The zero-order chi connectivity index (χ0) is 13.4. The SMILES string of the molecule is CCCC(O)CNC(=O)COc1ccc(N)cc1. The summed E-state index contributed by atoms with van der Waals surface area (Å²) in [5, 5.41) is 12.1. The third-order valence-corrected chi connectivity index (χ3v) is 2.41. The number of ether oxygens (including phenoxy) is 1. The van der Waals surface area contributed by atoms with Crippen molar-refractivity contribution >= 4 is 11.6 Å². The minimum Gasteiger partial charge on any atom is -0.484 e. The summed E-state index contributed by atoms with van der Waals surface area (Å²) in [5.74, 6) is 0.343.